The predicted molar refractivity (Wildman–Crippen MR) is 82.2 cm³/mol. The van der Waals surface area contributed by atoms with Gasteiger partial charge in [-0.3, -0.25) is 9.20 Å². The predicted octanol–water partition coefficient (Wildman–Crippen LogP) is 3.30. The van der Waals surface area contributed by atoms with E-state index in [0.717, 1.165) is 5.69 Å². The number of fused-ring (bicyclic) bond motifs is 1. The maximum absolute atomic E-state index is 12.0. The Labute approximate surface area is 121 Å². The van der Waals surface area contributed by atoms with Gasteiger partial charge in [0.2, 0.25) is 0 Å². The van der Waals surface area contributed by atoms with Crippen molar-refractivity contribution in [1.82, 2.24) is 9.38 Å². The van der Waals surface area contributed by atoms with Crippen LogP contribution < -0.4 is 5.56 Å². The van der Waals surface area contributed by atoms with E-state index in [0.29, 0.717) is 11.4 Å². The minimum absolute atomic E-state index is 0.0323. The van der Waals surface area contributed by atoms with Crippen molar-refractivity contribution in [2.45, 2.75) is 17.6 Å². The highest BCUT2D eigenvalue weighted by molar-refractivity contribution is 7.98. The Hall–Kier alpha value is -2.07. The number of hydrogen-bond acceptors (Lipinski definition) is 3. The number of aryl methyl sites for hydroxylation is 1. The highest BCUT2D eigenvalue weighted by Crippen LogP contribution is 2.21. The fourth-order valence-electron chi connectivity index (χ4n) is 1.97. The van der Waals surface area contributed by atoms with Gasteiger partial charge in [0.05, 0.1) is 5.69 Å². The van der Waals surface area contributed by atoms with Crippen molar-refractivity contribution in [2.24, 2.45) is 0 Å². The van der Waals surface area contributed by atoms with Crippen LogP contribution in [-0.2, 0) is 5.75 Å². The zero-order valence-electron chi connectivity index (χ0n) is 11.1. The molecule has 0 amide bonds. The standard InChI is InChI=1S/C16H14N2OS/c1-12-5-7-14(8-6-12)20-11-13-10-16(19)18-9-3-2-4-15(18)17-13/h2-10H,11H2,1H3. The lowest BCUT2D eigenvalue weighted by atomic mass is 10.2. The van der Waals surface area contributed by atoms with Gasteiger partial charge in [0.15, 0.2) is 0 Å². The van der Waals surface area contributed by atoms with Gasteiger partial charge in [-0.05, 0) is 31.2 Å². The number of pyridine rings is 1. The fourth-order valence-corrected chi connectivity index (χ4v) is 2.76. The summed E-state index contributed by atoms with van der Waals surface area (Å²) in [5.74, 6) is 0.698. The highest BCUT2D eigenvalue weighted by Gasteiger charge is 2.02. The summed E-state index contributed by atoms with van der Waals surface area (Å²) in [4.78, 5) is 17.7. The summed E-state index contributed by atoms with van der Waals surface area (Å²) in [6.45, 7) is 2.07. The molecule has 4 heteroatoms. The van der Waals surface area contributed by atoms with Crippen LogP contribution in [0.25, 0.3) is 5.65 Å². The normalized spacial score (nSPS) is 10.8. The average molecular weight is 282 g/mol. The van der Waals surface area contributed by atoms with Crippen molar-refractivity contribution in [3.8, 4) is 0 Å². The Bertz CT molecular complexity index is 793. The minimum atomic E-state index is -0.0323. The van der Waals surface area contributed by atoms with Gasteiger partial charge in [0.25, 0.3) is 5.56 Å². The molecular formula is C16H14N2OS. The Kier molecular flexibility index (Phi) is 3.56. The molecular weight excluding hydrogens is 268 g/mol. The molecule has 3 rings (SSSR count). The summed E-state index contributed by atoms with van der Waals surface area (Å²) >= 11 is 1.69. The first kappa shape index (κ1) is 12.9. The van der Waals surface area contributed by atoms with Crippen molar-refractivity contribution >= 4 is 17.4 Å². The van der Waals surface area contributed by atoms with Crippen LogP contribution in [0.1, 0.15) is 11.3 Å². The lowest BCUT2D eigenvalue weighted by molar-refractivity contribution is 1.01. The van der Waals surface area contributed by atoms with Gasteiger partial charge in [-0.25, -0.2) is 4.98 Å². The number of benzene rings is 1. The van der Waals surface area contributed by atoms with Crippen molar-refractivity contribution in [2.75, 3.05) is 0 Å². The van der Waals surface area contributed by atoms with Gasteiger partial charge >= 0.3 is 0 Å². The number of thioether (sulfide) groups is 1. The topological polar surface area (TPSA) is 34.4 Å². The summed E-state index contributed by atoms with van der Waals surface area (Å²) in [6, 6.07) is 15.5. The zero-order valence-corrected chi connectivity index (χ0v) is 11.9. The second kappa shape index (κ2) is 5.51. The molecule has 0 radical (unpaired) electrons. The number of nitrogens with zero attached hydrogens (tertiary/aromatic N) is 2. The van der Waals surface area contributed by atoms with Gasteiger partial charge in [-0.2, -0.15) is 0 Å². The lowest BCUT2D eigenvalue weighted by Gasteiger charge is -2.04. The number of rotatable bonds is 3. The van der Waals surface area contributed by atoms with Crippen molar-refractivity contribution in [1.29, 1.82) is 0 Å². The van der Waals surface area contributed by atoms with Crippen LogP contribution in [0.5, 0.6) is 0 Å². The molecule has 1 aromatic carbocycles. The van der Waals surface area contributed by atoms with Crippen LogP contribution >= 0.6 is 11.8 Å². The molecule has 0 fully saturated rings. The summed E-state index contributed by atoms with van der Waals surface area (Å²) in [5.41, 5.74) is 2.72. The smallest absolute Gasteiger partial charge is 0.258 e. The molecule has 0 aliphatic rings. The van der Waals surface area contributed by atoms with Crippen LogP contribution in [0.3, 0.4) is 0 Å². The molecule has 0 N–H and O–H groups in total. The molecule has 0 atom stereocenters. The molecule has 3 aromatic rings. The molecule has 2 aromatic heterocycles. The summed E-state index contributed by atoms with van der Waals surface area (Å²) in [6.07, 6.45) is 1.74. The van der Waals surface area contributed by atoms with E-state index in [9.17, 15) is 4.79 Å². The molecule has 0 aliphatic carbocycles. The monoisotopic (exact) mass is 282 g/mol. The van der Waals surface area contributed by atoms with Crippen molar-refractivity contribution in [3.63, 3.8) is 0 Å². The van der Waals surface area contributed by atoms with E-state index in [1.807, 2.05) is 18.2 Å². The molecule has 0 aliphatic heterocycles. The maximum Gasteiger partial charge on any atom is 0.258 e. The van der Waals surface area contributed by atoms with Crippen LogP contribution in [0.4, 0.5) is 0 Å². The number of hydrogen-bond donors (Lipinski definition) is 0. The Morgan fingerprint density at radius 3 is 2.75 bits per heavy atom. The molecule has 3 nitrogen and oxygen atoms in total. The first-order valence-electron chi connectivity index (χ1n) is 6.39. The summed E-state index contributed by atoms with van der Waals surface area (Å²) in [7, 11) is 0. The third-order valence-electron chi connectivity index (χ3n) is 3.03. The van der Waals surface area contributed by atoms with Crippen LogP contribution in [-0.4, -0.2) is 9.38 Å². The summed E-state index contributed by atoms with van der Waals surface area (Å²) < 4.78 is 1.56. The van der Waals surface area contributed by atoms with Crippen molar-refractivity contribution in [3.05, 3.63) is 76.3 Å². The quantitative estimate of drug-likeness (QED) is 0.691. The van der Waals surface area contributed by atoms with E-state index in [-0.39, 0.29) is 5.56 Å². The largest absolute Gasteiger partial charge is 0.269 e. The van der Waals surface area contributed by atoms with Gasteiger partial charge in [-0.15, -0.1) is 11.8 Å². The third kappa shape index (κ3) is 2.75. The molecule has 0 spiro atoms. The molecule has 2 heterocycles. The molecule has 100 valence electrons. The van der Waals surface area contributed by atoms with Gasteiger partial charge in [0.1, 0.15) is 5.65 Å². The van der Waals surface area contributed by atoms with Crippen LogP contribution in [0.15, 0.2) is 64.4 Å². The van der Waals surface area contributed by atoms with Crippen molar-refractivity contribution < 1.29 is 0 Å². The third-order valence-corrected chi connectivity index (χ3v) is 4.08. The maximum atomic E-state index is 12.0. The highest BCUT2D eigenvalue weighted by atomic mass is 32.2. The average Bonchev–Trinajstić information content (AvgIpc) is 2.47. The van der Waals surface area contributed by atoms with E-state index < -0.39 is 0 Å². The number of aromatic nitrogens is 2. The van der Waals surface area contributed by atoms with E-state index in [2.05, 4.69) is 36.2 Å². The van der Waals surface area contributed by atoms with Crippen LogP contribution in [0.2, 0.25) is 0 Å². The molecule has 0 unspecified atom stereocenters. The van der Waals surface area contributed by atoms with Gasteiger partial charge < -0.3 is 0 Å². The minimum Gasteiger partial charge on any atom is -0.269 e. The molecule has 0 saturated heterocycles. The van der Waals surface area contributed by atoms with E-state index >= 15 is 0 Å². The molecule has 0 bridgehead atoms. The van der Waals surface area contributed by atoms with E-state index in [1.54, 1.807) is 28.4 Å². The molecule has 20 heavy (non-hydrogen) atoms. The Balaban J connectivity index is 1.84. The van der Waals surface area contributed by atoms with E-state index in [1.165, 1.54) is 10.5 Å². The zero-order chi connectivity index (χ0) is 13.9. The Morgan fingerprint density at radius 2 is 1.95 bits per heavy atom. The summed E-state index contributed by atoms with van der Waals surface area (Å²) in [5, 5.41) is 0. The van der Waals surface area contributed by atoms with E-state index in [4.69, 9.17) is 0 Å². The SMILES string of the molecule is Cc1ccc(SCc2cc(=O)n3ccccc3n2)cc1. The lowest BCUT2D eigenvalue weighted by Crippen LogP contribution is -2.14. The molecule has 0 saturated carbocycles. The van der Waals surface area contributed by atoms with Crippen LogP contribution in [0, 0.1) is 6.92 Å². The van der Waals surface area contributed by atoms with Gasteiger partial charge in [0, 0.05) is 22.9 Å². The second-order valence-corrected chi connectivity index (χ2v) is 5.67. The Morgan fingerprint density at radius 1 is 1.15 bits per heavy atom. The second-order valence-electron chi connectivity index (χ2n) is 4.62. The van der Waals surface area contributed by atoms with Gasteiger partial charge in [-0.1, -0.05) is 23.8 Å². The first-order valence-corrected chi connectivity index (χ1v) is 7.38. The first-order chi connectivity index (χ1) is 9.72. The fraction of sp³-hybridized carbons (Fsp3) is 0.125.